The highest BCUT2D eigenvalue weighted by Gasteiger charge is 2.43. The molecular weight excluding hydrogens is 328 g/mol. The number of hydrogen-bond acceptors (Lipinski definition) is 5. The molecule has 1 aliphatic heterocycles. The summed E-state index contributed by atoms with van der Waals surface area (Å²) in [6.45, 7) is 2.77. The minimum atomic E-state index is -0.540. The van der Waals surface area contributed by atoms with Crippen LogP contribution in [0.2, 0.25) is 0 Å². The average Bonchev–Trinajstić information content (AvgIpc) is 3.13. The third-order valence-electron chi connectivity index (χ3n) is 4.98. The molecule has 3 rings (SSSR count). The Balaban J connectivity index is 1.63. The van der Waals surface area contributed by atoms with Crippen LogP contribution in [0.4, 0.5) is 0 Å². The highest BCUT2D eigenvalue weighted by atomic mass is 32.2. The highest BCUT2D eigenvalue weighted by molar-refractivity contribution is 7.97. The number of carbonyl (C=O) groups is 2. The van der Waals surface area contributed by atoms with Gasteiger partial charge in [0, 0.05) is 20.0 Å². The van der Waals surface area contributed by atoms with Crippen LogP contribution in [0.5, 0.6) is 0 Å². The molecule has 0 aromatic carbocycles. The number of nitrogens with zero attached hydrogens (tertiary/aromatic N) is 1. The first-order valence-electron chi connectivity index (χ1n) is 8.30. The van der Waals surface area contributed by atoms with Crippen LogP contribution in [-0.2, 0) is 10.5 Å². The summed E-state index contributed by atoms with van der Waals surface area (Å²) >= 11 is 1.65. The monoisotopic (exact) mass is 352 g/mol. The van der Waals surface area contributed by atoms with Gasteiger partial charge in [0.25, 0.3) is 5.91 Å². The molecule has 0 spiro atoms. The molecule has 132 valence electrons. The van der Waals surface area contributed by atoms with E-state index in [-0.39, 0.29) is 23.8 Å². The van der Waals surface area contributed by atoms with Crippen molar-refractivity contribution < 1.29 is 19.1 Å². The summed E-state index contributed by atoms with van der Waals surface area (Å²) in [4.78, 5) is 25.7. The van der Waals surface area contributed by atoms with Crippen molar-refractivity contribution >= 4 is 23.6 Å². The van der Waals surface area contributed by atoms with Gasteiger partial charge >= 0.3 is 0 Å². The molecule has 7 heteroatoms. The van der Waals surface area contributed by atoms with E-state index in [2.05, 4.69) is 5.32 Å². The van der Waals surface area contributed by atoms with Gasteiger partial charge in [-0.05, 0) is 43.1 Å². The van der Waals surface area contributed by atoms with Crippen molar-refractivity contribution in [2.24, 2.45) is 11.8 Å². The van der Waals surface area contributed by atoms with Crippen molar-refractivity contribution in [1.29, 1.82) is 0 Å². The third-order valence-corrected chi connectivity index (χ3v) is 5.55. The number of likely N-dealkylation sites (tertiary alicyclic amines) is 1. The fourth-order valence-corrected chi connectivity index (χ4v) is 4.32. The molecule has 0 radical (unpaired) electrons. The maximum absolute atomic E-state index is 12.6. The van der Waals surface area contributed by atoms with E-state index in [1.54, 1.807) is 17.8 Å². The van der Waals surface area contributed by atoms with E-state index in [1.807, 2.05) is 17.2 Å². The lowest BCUT2D eigenvalue weighted by molar-refractivity contribution is -0.121. The molecule has 2 aliphatic rings. The van der Waals surface area contributed by atoms with Gasteiger partial charge in [0.05, 0.1) is 17.9 Å². The van der Waals surface area contributed by atoms with E-state index in [9.17, 15) is 14.7 Å². The van der Waals surface area contributed by atoms with Gasteiger partial charge in [-0.2, -0.15) is 11.8 Å². The number of aliphatic hydroxyl groups excluding tert-OH is 1. The number of furan rings is 1. The number of hydrogen-bond donors (Lipinski definition) is 2. The number of aliphatic hydroxyl groups is 1. The number of amides is 2. The first kappa shape index (κ1) is 17.4. The molecule has 2 heterocycles. The average molecular weight is 352 g/mol. The normalized spacial score (nSPS) is 29.4. The molecule has 4 atom stereocenters. The summed E-state index contributed by atoms with van der Waals surface area (Å²) in [6, 6.07) is 3.38. The molecule has 1 saturated heterocycles. The molecule has 2 fully saturated rings. The largest absolute Gasteiger partial charge is 0.455 e. The second kappa shape index (κ2) is 7.19. The molecule has 1 saturated carbocycles. The quantitative estimate of drug-likeness (QED) is 0.858. The summed E-state index contributed by atoms with van der Waals surface area (Å²) in [5.41, 5.74) is 0. The molecule has 1 aromatic rings. The number of nitrogens with one attached hydrogen (secondary N) is 1. The Morgan fingerprint density at radius 1 is 1.33 bits per heavy atom. The topological polar surface area (TPSA) is 82.8 Å². The SMILES string of the molecule is CSCc1ccc(C(=O)N2C[C@H]3C[C@@H](NC(C)=O)[C@H](O)C[C@H]3C2)o1. The molecule has 1 aromatic heterocycles. The zero-order valence-corrected chi connectivity index (χ0v) is 14.8. The summed E-state index contributed by atoms with van der Waals surface area (Å²) in [7, 11) is 0. The minimum Gasteiger partial charge on any atom is -0.455 e. The third kappa shape index (κ3) is 3.62. The van der Waals surface area contributed by atoms with Gasteiger partial charge in [-0.15, -0.1) is 0 Å². The van der Waals surface area contributed by atoms with Gasteiger partial charge in [-0.1, -0.05) is 0 Å². The summed E-state index contributed by atoms with van der Waals surface area (Å²) in [5, 5.41) is 13.1. The standard InChI is InChI=1S/C17H24N2O4S/c1-10(20)18-14-5-11-7-19(8-12(11)6-15(14)21)17(22)16-4-3-13(23-16)9-24-2/h3-4,11-12,14-15,21H,5-9H2,1-2H3,(H,18,20)/t11-,12+,14-,15-/m1/s1. The second-order valence-corrected chi connectivity index (χ2v) is 7.64. The van der Waals surface area contributed by atoms with Crippen LogP contribution < -0.4 is 5.32 Å². The van der Waals surface area contributed by atoms with Crippen molar-refractivity contribution in [2.75, 3.05) is 19.3 Å². The number of rotatable bonds is 4. The Hall–Kier alpha value is -1.47. The van der Waals surface area contributed by atoms with Gasteiger partial charge in [0.2, 0.25) is 5.91 Å². The minimum absolute atomic E-state index is 0.0812. The van der Waals surface area contributed by atoms with E-state index in [0.717, 1.165) is 11.5 Å². The van der Waals surface area contributed by atoms with Crippen molar-refractivity contribution in [3.05, 3.63) is 23.7 Å². The maximum Gasteiger partial charge on any atom is 0.289 e. The van der Waals surface area contributed by atoms with Gasteiger partial charge in [-0.25, -0.2) is 0 Å². The number of thioether (sulfide) groups is 1. The predicted molar refractivity (Wildman–Crippen MR) is 91.7 cm³/mol. The molecule has 0 bridgehead atoms. The highest BCUT2D eigenvalue weighted by Crippen LogP contribution is 2.37. The Morgan fingerprint density at radius 3 is 2.71 bits per heavy atom. The molecule has 2 amide bonds. The van der Waals surface area contributed by atoms with E-state index in [0.29, 0.717) is 37.6 Å². The van der Waals surface area contributed by atoms with Crippen LogP contribution in [0.3, 0.4) is 0 Å². The van der Waals surface area contributed by atoms with Crippen LogP contribution in [0.1, 0.15) is 36.1 Å². The lowest BCUT2D eigenvalue weighted by atomic mass is 9.77. The lowest BCUT2D eigenvalue weighted by Crippen LogP contribution is -2.48. The van der Waals surface area contributed by atoms with Crippen LogP contribution in [-0.4, -0.2) is 53.3 Å². The van der Waals surface area contributed by atoms with Crippen LogP contribution >= 0.6 is 11.8 Å². The summed E-state index contributed by atoms with van der Waals surface area (Å²) in [6.07, 6.45) is 2.79. The summed E-state index contributed by atoms with van der Waals surface area (Å²) < 4.78 is 5.63. The first-order chi connectivity index (χ1) is 11.5. The van der Waals surface area contributed by atoms with Gasteiger partial charge in [0.15, 0.2) is 5.76 Å². The molecule has 0 unspecified atom stereocenters. The summed E-state index contributed by atoms with van der Waals surface area (Å²) in [5.74, 6) is 2.34. The zero-order chi connectivity index (χ0) is 17.3. The van der Waals surface area contributed by atoms with E-state index >= 15 is 0 Å². The lowest BCUT2D eigenvalue weighted by Gasteiger charge is -2.35. The van der Waals surface area contributed by atoms with E-state index in [4.69, 9.17) is 4.42 Å². The van der Waals surface area contributed by atoms with Crippen molar-refractivity contribution in [3.63, 3.8) is 0 Å². The van der Waals surface area contributed by atoms with Gasteiger partial charge in [0.1, 0.15) is 5.76 Å². The van der Waals surface area contributed by atoms with Gasteiger partial charge in [-0.3, -0.25) is 9.59 Å². The molecule has 24 heavy (non-hydrogen) atoms. The van der Waals surface area contributed by atoms with Crippen molar-refractivity contribution in [1.82, 2.24) is 10.2 Å². The number of fused-ring (bicyclic) bond motifs is 1. The zero-order valence-electron chi connectivity index (χ0n) is 14.0. The van der Waals surface area contributed by atoms with Crippen molar-refractivity contribution in [3.8, 4) is 0 Å². The predicted octanol–water partition coefficient (Wildman–Crippen LogP) is 1.49. The molecule has 6 nitrogen and oxygen atoms in total. The Morgan fingerprint density at radius 2 is 2.04 bits per heavy atom. The molecule has 2 N–H and O–H groups in total. The van der Waals surface area contributed by atoms with Crippen molar-refractivity contribution in [2.45, 2.75) is 37.7 Å². The van der Waals surface area contributed by atoms with E-state index in [1.165, 1.54) is 6.92 Å². The maximum atomic E-state index is 12.6. The molecular formula is C17H24N2O4S. The second-order valence-electron chi connectivity index (χ2n) is 6.78. The smallest absolute Gasteiger partial charge is 0.289 e. The number of carbonyl (C=O) groups excluding carboxylic acids is 2. The van der Waals surface area contributed by atoms with E-state index < -0.39 is 6.10 Å². The van der Waals surface area contributed by atoms with Crippen LogP contribution in [0.15, 0.2) is 16.5 Å². The van der Waals surface area contributed by atoms with Gasteiger partial charge < -0.3 is 19.7 Å². The Bertz CT molecular complexity index is 617. The van der Waals surface area contributed by atoms with Crippen LogP contribution in [0.25, 0.3) is 0 Å². The molecule has 1 aliphatic carbocycles. The Labute approximate surface area is 146 Å². The fraction of sp³-hybridized carbons (Fsp3) is 0.647. The first-order valence-corrected chi connectivity index (χ1v) is 9.69. The fourth-order valence-electron chi connectivity index (χ4n) is 3.88. The Kier molecular flexibility index (Phi) is 5.20. The van der Waals surface area contributed by atoms with Crippen LogP contribution in [0, 0.1) is 11.8 Å².